The Hall–Kier alpha value is -0.950. The predicted molar refractivity (Wildman–Crippen MR) is 99.8 cm³/mol. The van der Waals surface area contributed by atoms with Crippen molar-refractivity contribution in [3.05, 3.63) is 12.2 Å². The van der Waals surface area contributed by atoms with Crippen molar-refractivity contribution in [1.82, 2.24) is 0 Å². The Bertz CT molecular complexity index is 747. The molecule has 6 aliphatic rings. The number of ether oxygens (including phenoxy) is 2. The SMILES string of the molecule is C=C1[C@@H](O)[C@@]23[C@H](O)[C@H]1CC[C@H]2[C@]12CCCC(C)(C)[C@H]1[C@H](OC(C)=O)[C@@]3(O)OC2. The Labute approximate surface area is 165 Å². The van der Waals surface area contributed by atoms with Gasteiger partial charge in [0, 0.05) is 24.2 Å². The summed E-state index contributed by atoms with van der Waals surface area (Å²) in [5.74, 6) is -2.86. The Morgan fingerprint density at radius 3 is 2.64 bits per heavy atom. The van der Waals surface area contributed by atoms with Crippen LogP contribution in [0.2, 0.25) is 0 Å². The Morgan fingerprint density at radius 1 is 1.25 bits per heavy atom. The second-order valence-electron chi connectivity index (χ2n) is 10.7. The van der Waals surface area contributed by atoms with Gasteiger partial charge in [0.1, 0.15) is 0 Å². The highest BCUT2D eigenvalue weighted by molar-refractivity contribution is 5.66. The van der Waals surface area contributed by atoms with Gasteiger partial charge in [0.05, 0.1) is 24.2 Å². The van der Waals surface area contributed by atoms with Gasteiger partial charge in [0.2, 0.25) is 5.79 Å². The summed E-state index contributed by atoms with van der Waals surface area (Å²) in [7, 11) is 0. The van der Waals surface area contributed by atoms with Crippen LogP contribution >= 0.6 is 0 Å². The number of aliphatic hydroxyl groups excluding tert-OH is 2. The van der Waals surface area contributed by atoms with Crippen LogP contribution in [0.15, 0.2) is 12.2 Å². The molecule has 2 aliphatic heterocycles. The molecule has 6 fully saturated rings. The summed E-state index contributed by atoms with van der Waals surface area (Å²) in [6.07, 6.45) is 1.49. The molecule has 4 aliphatic carbocycles. The summed E-state index contributed by atoms with van der Waals surface area (Å²) in [6, 6.07) is 0. The highest BCUT2D eigenvalue weighted by Gasteiger charge is 2.86. The van der Waals surface area contributed by atoms with E-state index in [4.69, 9.17) is 9.47 Å². The third-order valence-electron chi connectivity index (χ3n) is 9.27. The van der Waals surface area contributed by atoms with Gasteiger partial charge in [0.15, 0.2) is 6.10 Å². The summed E-state index contributed by atoms with van der Waals surface area (Å²) in [4.78, 5) is 12.1. The van der Waals surface area contributed by atoms with Crippen molar-refractivity contribution >= 4 is 5.97 Å². The Balaban J connectivity index is 1.78. The lowest BCUT2D eigenvalue weighted by molar-refractivity contribution is -0.467. The van der Waals surface area contributed by atoms with E-state index in [9.17, 15) is 20.1 Å². The molecule has 156 valence electrons. The molecular formula is C22H32O6. The molecule has 0 amide bonds. The van der Waals surface area contributed by atoms with E-state index in [-0.39, 0.29) is 28.6 Å². The van der Waals surface area contributed by atoms with E-state index < -0.39 is 35.5 Å². The molecule has 2 saturated heterocycles. The topological polar surface area (TPSA) is 96.2 Å². The minimum absolute atomic E-state index is 0.0863. The molecule has 6 heteroatoms. The summed E-state index contributed by atoms with van der Waals surface area (Å²) < 4.78 is 11.9. The number of carbonyl (C=O) groups excluding carboxylic acids is 1. The Morgan fingerprint density at radius 2 is 1.96 bits per heavy atom. The van der Waals surface area contributed by atoms with E-state index >= 15 is 0 Å². The zero-order chi connectivity index (χ0) is 20.3. The third kappa shape index (κ3) is 1.79. The van der Waals surface area contributed by atoms with Gasteiger partial charge in [-0.1, -0.05) is 26.8 Å². The molecule has 28 heavy (non-hydrogen) atoms. The van der Waals surface area contributed by atoms with Gasteiger partial charge in [0.25, 0.3) is 0 Å². The fraction of sp³-hybridized carbons (Fsp3) is 0.864. The van der Waals surface area contributed by atoms with Crippen molar-refractivity contribution in [2.75, 3.05) is 6.61 Å². The number of carbonyl (C=O) groups is 1. The number of fused-ring (bicyclic) bond motifs is 2. The van der Waals surface area contributed by atoms with Crippen molar-refractivity contribution in [2.24, 2.45) is 34.0 Å². The zero-order valence-electron chi connectivity index (χ0n) is 17.0. The maximum absolute atomic E-state index is 12.1. The molecule has 4 bridgehead atoms. The van der Waals surface area contributed by atoms with E-state index in [0.29, 0.717) is 12.2 Å². The van der Waals surface area contributed by atoms with Gasteiger partial charge in [-0.2, -0.15) is 0 Å². The van der Waals surface area contributed by atoms with Crippen molar-refractivity contribution in [2.45, 2.75) is 77.0 Å². The monoisotopic (exact) mass is 392 g/mol. The van der Waals surface area contributed by atoms with E-state index in [0.717, 1.165) is 32.1 Å². The summed E-state index contributed by atoms with van der Waals surface area (Å²) in [6.45, 7) is 10.1. The van der Waals surface area contributed by atoms with Gasteiger partial charge in [-0.3, -0.25) is 4.79 Å². The Kier molecular flexibility index (Phi) is 3.67. The zero-order valence-corrected chi connectivity index (χ0v) is 17.0. The summed E-state index contributed by atoms with van der Waals surface area (Å²) in [5, 5.41) is 34.8. The first kappa shape index (κ1) is 19.0. The van der Waals surface area contributed by atoms with Crippen LogP contribution < -0.4 is 0 Å². The minimum Gasteiger partial charge on any atom is -0.456 e. The van der Waals surface area contributed by atoms with E-state index in [2.05, 4.69) is 20.4 Å². The summed E-state index contributed by atoms with van der Waals surface area (Å²) in [5.41, 5.74) is -1.22. The normalized spacial score (nSPS) is 56.1. The highest BCUT2D eigenvalue weighted by atomic mass is 16.7. The van der Waals surface area contributed by atoms with Crippen molar-refractivity contribution in [3.8, 4) is 0 Å². The van der Waals surface area contributed by atoms with Crippen LogP contribution in [0.5, 0.6) is 0 Å². The van der Waals surface area contributed by atoms with Crippen LogP contribution in [0.1, 0.15) is 52.9 Å². The molecular weight excluding hydrogens is 360 g/mol. The maximum Gasteiger partial charge on any atom is 0.303 e. The molecule has 0 aromatic carbocycles. The molecule has 9 atom stereocenters. The van der Waals surface area contributed by atoms with Crippen LogP contribution in [-0.4, -0.2) is 52.0 Å². The molecule has 0 unspecified atom stereocenters. The van der Waals surface area contributed by atoms with Crippen LogP contribution in [0, 0.1) is 34.0 Å². The first-order chi connectivity index (χ1) is 13.0. The maximum atomic E-state index is 12.1. The number of hydrogen-bond donors (Lipinski definition) is 3. The van der Waals surface area contributed by atoms with Crippen LogP contribution in [0.25, 0.3) is 0 Å². The van der Waals surface area contributed by atoms with Gasteiger partial charge in [-0.25, -0.2) is 0 Å². The standard InChI is InChI=1S/C22H32O6/c1-11-13-6-7-14-20-9-5-8-19(3,4)15(20)18(28-12(2)23)22(26,27-10-20)21(14,16(11)24)17(13)25/h13-18,24-26H,1,5-10H2,2-4H3/t13-,14-,15+,16+,17+,18-,20+,21+,22+/m0/s1. The largest absolute Gasteiger partial charge is 0.456 e. The molecule has 2 heterocycles. The molecule has 0 aromatic rings. The van der Waals surface area contributed by atoms with Crippen LogP contribution in [-0.2, 0) is 14.3 Å². The lowest BCUT2D eigenvalue weighted by Crippen LogP contribution is -2.84. The molecule has 0 aromatic heterocycles. The molecule has 3 N–H and O–H groups in total. The van der Waals surface area contributed by atoms with Crippen LogP contribution in [0.4, 0.5) is 0 Å². The quantitative estimate of drug-likeness (QED) is 0.465. The second kappa shape index (κ2) is 5.39. The molecule has 2 spiro atoms. The first-order valence-electron chi connectivity index (χ1n) is 10.6. The fourth-order valence-electron chi connectivity index (χ4n) is 8.53. The second-order valence-corrected chi connectivity index (χ2v) is 10.7. The fourth-order valence-corrected chi connectivity index (χ4v) is 8.53. The smallest absolute Gasteiger partial charge is 0.303 e. The average molecular weight is 392 g/mol. The first-order valence-corrected chi connectivity index (χ1v) is 10.6. The molecule has 6 rings (SSSR count). The minimum atomic E-state index is -1.93. The lowest BCUT2D eigenvalue weighted by atomic mass is 9.36. The van der Waals surface area contributed by atoms with E-state index in [1.54, 1.807) is 0 Å². The number of rotatable bonds is 1. The van der Waals surface area contributed by atoms with Crippen molar-refractivity contribution in [3.63, 3.8) is 0 Å². The highest BCUT2D eigenvalue weighted by Crippen LogP contribution is 2.77. The van der Waals surface area contributed by atoms with E-state index in [1.165, 1.54) is 6.92 Å². The average Bonchev–Trinajstić information content (AvgIpc) is 2.72. The van der Waals surface area contributed by atoms with Crippen molar-refractivity contribution < 1.29 is 29.6 Å². The van der Waals surface area contributed by atoms with Gasteiger partial charge in [-0.15, -0.1) is 0 Å². The number of esters is 1. The summed E-state index contributed by atoms with van der Waals surface area (Å²) >= 11 is 0. The number of aliphatic hydroxyl groups is 3. The van der Waals surface area contributed by atoms with Crippen LogP contribution in [0.3, 0.4) is 0 Å². The molecule has 4 saturated carbocycles. The molecule has 0 radical (unpaired) electrons. The predicted octanol–water partition coefficient (Wildman–Crippen LogP) is 1.77. The third-order valence-corrected chi connectivity index (χ3v) is 9.27. The molecule has 6 nitrogen and oxygen atoms in total. The van der Waals surface area contributed by atoms with Gasteiger partial charge >= 0.3 is 5.97 Å². The number of hydrogen-bond acceptors (Lipinski definition) is 6. The lowest BCUT2D eigenvalue weighted by Gasteiger charge is -2.75. The van der Waals surface area contributed by atoms with Gasteiger partial charge < -0.3 is 24.8 Å². The van der Waals surface area contributed by atoms with E-state index in [1.807, 2.05) is 0 Å². The van der Waals surface area contributed by atoms with Gasteiger partial charge in [-0.05, 0) is 42.6 Å². The van der Waals surface area contributed by atoms with Crippen molar-refractivity contribution in [1.29, 1.82) is 0 Å².